The fraction of sp³-hybridized carbons (Fsp3) is 0.333. The Morgan fingerprint density at radius 1 is 0.963 bits per heavy atom. The van der Waals surface area contributed by atoms with Crippen molar-refractivity contribution < 1.29 is 14.3 Å². The summed E-state index contributed by atoms with van der Waals surface area (Å²) in [5.41, 5.74) is 2.58. The van der Waals surface area contributed by atoms with Crippen LogP contribution in [-0.2, 0) is 9.53 Å². The van der Waals surface area contributed by atoms with Crippen LogP contribution in [0.4, 0.5) is 16.2 Å². The molecule has 2 fully saturated rings. The number of amides is 2. The van der Waals surface area contributed by atoms with E-state index in [-0.39, 0.29) is 12.0 Å². The zero-order valence-corrected chi connectivity index (χ0v) is 15.1. The Kier molecular flexibility index (Phi) is 4.96. The maximum Gasteiger partial charge on any atom is 0.414 e. The van der Waals surface area contributed by atoms with Crippen LogP contribution >= 0.6 is 0 Å². The molecule has 2 amide bonds. The van der Waals surface area contributed by atoms with Gasteiger partial charge in [-0.3, -0.25) is 9.69 Å². The number of anilines is 2. The average Bonchev–Trinajstić information content (AvgIpc) is 3.39. The third-order valence-corrected chi connectivity index (χ3v) is 5.05. The van der Waals surface area contributed by atoms with Crippen LogP contribution in [0.15, 0.2) is 54.6 Å². The summed E-state index contributed by atoms with van der Waals surface area (Å²) < 4.78 is 4.98. The number of nitrogens with one attached hydrogen (secondary N) is 1. The molecule has 140 valence electrons. The van der Waals surface area contributed by atoms with Crippen LogP contribution in [0.5, 0.6) is 0 Å². The van der Waals surface area contributed by atoms with E-state index in [2.05, 4.69) is 5.32 Å². The van der Waals surface area contributed by atoms with Crippen LogP contribution in [0.1, 0.15) is 24.4 Å². The first kappa shape index (κ1) is 17.4. The number of cyclic esters (lactones) is 1. The van der Waals surface area contributed by atoms with E-state index >= 15 is 0 Å². The predicted molar refractivity (Wildman–Crippen MR) is 104 cm³/mol. The quantitative estimate of drug-likeness (QED) is 0.882. The van der Waals surface area contributed by atoms with Gasteiger partial charge in [-0.2, -0.15) is 0 Å². The number of likely N-dealkylation sites (tertiary alicyclic amines) is 1. The van der Waals surface area contributed by atoms with E-state index in [1.54, 1.807) is 4.90 Å². The molecular weight excluding hydrogens is 342 g/mol. The van der Waals surface area contributed by atoms with Gasteiger partial charge in [0.15, 0.2) is 0 Å². The molecule has 27 heavy (non-hydrogen) atoms. The molecule has 0 aliphatic carbocycles. The highest BCUT2D eigenvalue weighted by molar-refractivity contribution is 5.90. The number of hydrogen-bond donors (Lipinski definition) is 1. The second kappa shape index (κ2) is 7.70. The third-order valence-electron chi connectivity index (χ3n) is 5.05. The second-order valence-corrected chi connectivity index (χ2v) is 6.83. The molecule has 2 aromatic rings. The van der Waals surface area contributed by atoms with Crippen LogP contribution < -0.4 is 10.2 Å². The topological polar surface area (TPSA) is 61.9 Å². The normalized spacial score (nSPS) is 17.7. The molecule has 6 nitrogen and oxygen atoms in total. The maximum atomic E-state index is 13.1. The summed E-state index contributed by atoms with van der Waals surface area (Å²) in [6.45, 7) is 2.62. The lowest BCUT2D eigenvalue weighted by atomic mass is 10.0. The molecule has 4 rings (SSSR count). The van der Waals surface area contributed by atoms with Crippen molar-refractivity contribution in [3.63, 3.8) is 0 Å². The Bertz CT molecular complexity index is 801. The minimum atomic E-state index is -0.424. The van der Waals surface area contributed by atoms with E-state index in [9.17, 15) is 9.59 Å². The van der Waals surface area contributed by atoms with Gasteiger partial charge in [0.25, 0.3) is 0 Å². The summed E-state index contributed by atoms with van der Waals surface area (Å²) in [5.74, 6) is 0.103. The SMILES string of the molecule is O=C([C@@H](Nc1ccc(N2CCOC2=O)cc1)c1ccccc1)N1CCCC1. The van der Waals surface area contributed by atoms with Gasteiger partial charge >= 0.3 is 6.09 Å². The largest absolute Gasteiger partial charge is 0.447 e. The summed E-state index contributed by atoms with van der Waals surface area (Å²) in [6.07, 6.45) is 1.81. The third kappa shape index (κ3) is 3.74. The number of hydrogen-bond acceptors (Lipinski definition) is 4. The lowest BCUT2D eigenvalue weighted by Gasteiger charge is -2.25. The van der Waals surface area contributed by atoms with Gasteiger partial charge in [-0.25, -0.2) is 4.79 Å². The van der Waals surface area contributed by atoms with Crippen LogP contribution in [0.25, 0.3) is 0 Å². The minimum absolute atomic E-state index is 0.103. The van der Waals surface area contributed by atoms with Crippen molar-refractivity contribution in [1.82, 2.24) is 4.90 Å². The van der Waals surface area contributed by atoms with Gasteiger partial charge < -0.3 is 15.0 Å². The fourth-order valence-electron chi connectivity index (χ4n) is 3.59. The van der Waals surface area contributed by atoms with Gasteiger partial charge in [-0.15, -0.1) is 0 Å². The molecule has 0 bridgehead atoms. The van der Waals surface area contributed by atoms with Gasteiger partial charge in [-0.05, 0) is 42.7 Å². The lowest BCUT2D eigenvalue weighted by molar-refractivity contribution is -0.131. The summed E-state index contributed by atoms with van der Waals surface area (Å²) in [6, 6.07) is 16.9. The van der Waals surface area contributed by atoms with Gasteiger partial charge in [0.05, 0.1) is 6.54 Å². The second-order valence-electron chi connectivity index (χ2n) is 6.83. The summed E-state index contributed by atoms with van der Waals surface area (Å²) in [7, 11) is 0. The van der Waals surface area contributed by atoms with Crippen LogP contribution in [0, 0.1) is 0 Å². The summed E-state index contributed by atoms with van der Waals surface area (Å²) in [5, 5.41) is 3.38. The predicted octanol–water partition coefficient (Wildman–Crippen LogP) is 3.42. The molecule has 2 aliphatic heterocycles. The van der Waals surface area contributed by atoms with E-state index in [4.69, 9.17) is 4.74 Å². The molecule has 2 aliphatic rings. The average molecular weight is 365 g/mol. The van der Waals surface area contributed by atoms with Gasteiger partial charge in [0.1, 0.15) is 12.6 Å². The molecule has 0 aromatic heterocycles. The minimum Gasteiger partial charge on any atom is -0.447 e. The Hall–Kier alpha value is -3.02. The zero-order valence-electron chi connectivity index (χ0n) is 15.1. The number of benzene rings is 2. The number of carbonyl (C=O) groups is 2. The highest BCUT2D eigenvalue weighted by Gasteiger charge is 2.28. The number of ether oxygens (including phenoxy) is 1. The number of nitrogens with zero attached hydrogens (tertiary/aromatic N) is 2. The van der Waals surface area contributed by atoms with E-state index in [0.717, 1.165) is 42.9 Å². The zero-order chi connectivity index (χ0) is 18.6. The van der Waals surface area contributed by atoms with E-state index in [1.807, 2.05) is 59.5 Å². The van der Waals surface area contributed by atoms with E-state index < -0.39 is 6.04 Å². The van der Waals surface area contributed by atoms with Crippen molar-refractivity contribution >= 4 is 23.4 Å². The van der Waals surface area contributed by atoms with E-state index in [1.165, 1.54) is 0 Å². The Labute approximate surface area is 158 Å². The van der Waals surface area contributed by atoms with Crippen molar-refractivity contribution in [1.29, 1.82) is 0 Å². The van der Waals surface area contributed by atoms with Crippen molar-refractivity contribution in [3.05, 3.63) is 60.2 Å². The molecule has 0 unspecified atom stereocenters. The van der Waals surface area contributed by atoms with Crippen LogP contribution in [-0.4, -0.2) is 43.1 Å². The smallest absolute Gasteiger partial charge is 0.414 e. The molecule has 0 spiro atoms. The standard InChI is InChI=1S/C21H23N3O3/c25-20(23-12-4-5-13-23)19(16-6-2-1-3-7-16)22-17-8-10-18(11-9-17)24-14-15-27-21(24)26/h1-3,6-11,19,22H,4-5,12-15H2/t19-/m0/s1. The van der Waals surface area contributed by atoms with Gasteiger partial charge in [-0.1, -0.05) is 30.3 Å². The summed E-state index contributed by atoms with van der Waals surface area (Å²) >= 11 is 0. The molecule has 0 radical (unpaired) electrons. The molecule has 2 heterocycles. The monoisotopic (exact) mass is 365 g/mol. The van der Waals surface area contributed by atoms with Gasteiger partial charge in [0.2, 0.25) is 5.91 Å². The molecule has 2 aromatic carbocycles. The van der Waals surface area contributed by atoms with Crippen LogP contribution in [0.3, 0.4) is 0 Å². The maximum absolute atomic E-state index is 13.1. The van der Waals surface area contributed by atoms with Crippen molar-refractivity contribution in [2.75, 3.05) is 36.5 Å². The Balaban J connectivity index is 1.54. The van der Waals surface area contributed by atoms with Gasteiger partial charge in [0, 0.05) is 24.5 Å². The Morgan fingerprint density at radius 2 is 1.67 bits per heavy atom. The highest BCUT2D eigenvalue weighted by atomic mass is 16.6. The number of carbonyl (C=O) groups excluding carboxylic acids is 2. The number of rotatable bonds is 5. The molecule has 0 saturated carbocycles. The first-order valence-corrected chi connectivity index (χ1v) is 9.37. The molecule has 1 N–H and O–H groups in total. The summed E-state index contributed by atoms with van der Waals surface area (Å²) in [4.78, 5) is 28.3. The van der Waals surface area contributed by atoms with Crippen LogP contribution in [0.2, 0.25) is 0 Å². The van der Waals surface area contributed by atoms with E-state index in [0.29, 0.717) is 13.2 Å². The first-order valence-electron chi connectivity index (χ1n) is 9.37. The van der Waals surface area contributed by atoms with Crippen molar-refractivity contribution in [2.45, 2.75) is 18.9 Å². The Morgan fingerprint density at radius 3 is 2.30 bits per heavy atom. The molecule has 1 atom stereocenters. The molecule has 2 saturated heterocycles. The molecule has 6 heteroatoms. The molecular formula is C21H23N3O3. The van der Waals surface area contributed by atoms with Crippen molar-refractivity contribution in [3.8, 4) is 0 Å². The first-order chi connectivity index (χ1) is 13.2. The lowest BCUT2D eigenvalue weighted by Crippen LogP contribution is -2.36. The fourth-order valence-corrected chi connectivity index (χ4v) is 3.59. The van der Waals surface area contributed by atoms with Crippen molar-refractivity contribution in [2.24, 2.45) is 0 Å². The highest BCUT2D eigenvalue weighted by Crippen LogP contribution is 2.26.